The van der Waals surface area contributed by atoms with E-state index in [0.29, 0.717) is 5.71 Å². The van der Waals surface area contributed by atoms with Crippen molar-refractivity contribution >= 4 is 5.71 Å². The van der Waals surface area contributed by atoms with Crippen molar-refractivity contribution in [2.75, 3.05) is 0 Å². The number of rotatable bonds is 3. The SMILES string of the molecule is C=C/C(=N\C(=C)N)C(C)(C)O. The molecule has 3 heteroatoms. The van der Waals surface area contributed by atoms with Gasteiger partial charge in [0.2, 0.25) is 0 Å². The van der Waals surface area contributed by atoms with E-state index in [-0.39, 0.29) is 5.82 Å². The van der Waals surface area contributed by atoms with Gasteiger partial charge in [0.15, 0.2) is 0 Å². The zero-order valence-electron chi connectivity index (χ0n) is 6.96. The molecule has 0 rings (SSSR count). The molecule has 0 fully saturated rings. The Morgan fingerprint density at radius 1 is 1.64 bits per heavy atom. The fraction of sp³-hybridized carbons (Fsp3) is 0.375. The van der Waals surface area contributed by atoms with Gasteiger partial charge in [-0.2, -0.15) is 0 Å². The summed E-state index contributed by atoms with van der Waals surface area (Å²) in [5.41, 5.74) is 4.64. The van der Waals surface area contributed by atoms with Gasteiger partial charge in [-0.25, -0.2) is 4.99 Å². The van der Waals surface area contributed by atoms with Crippen molar-refractivity contribution in [2.24, 2.45) is 10.7 Å². The van der Waals surface area contributed by atoms with Crippen LogP contribution in [-0.2, 0) is 0 Å². The van der Waals surface area contributed by atoms with E-state index in [1.807, 2.05) is 0 Å². The number of nitrogens with zero attached hydrogens (tertiary/aromatic N) is 1. The van der Waals surface area contributed by atoms with E-state index in [0.717, 1.165) is 0 Å². The van der Waals surface area contributed by atoms with Crippen LogP contribution >= 0.6 is 0 Å². The van der Waals surface area contributed by atoms with Crippen molar-refractivity contribution in [3.8, 4) is 0 Å². The van der Waals surface area contributed by atoms with Gasteiger partial charge in [0.05, 0.1) is 5.71 Å². The van der Waals surface area contributed by atoms with Gasteiger partial charge in [-0.3, -0.25) is 0 Å². The maximum Gasteiger partial charge on any atom is 0.116 e. The molecule has 11 heavy (non-hydrogen) atoms. The first kappa shape index (κ1) is 9.91. The lowest BCUT2D eigenvalue weighted by atomic mass is 10.0. The number of hydrogen-bond acceptors (Lipinski definition) is 3. The molecule has 0 bridgehead atoms. The van der Waals surface area contributed by atoms with Gasteiger partial charge in [-0.1, -0.05) is 13.2 Å². The van der Waals surface area contributed by atoms with Crippen LogP contribution in [0.2, 0.25) is 0 Å². The van der Waals surface area contributed by atoms with E-state index in [4.69, 9.17) is 5.73 Å². The standard InChI is InChI=1S/C8H14N2O/c1-5-7(8(3,4)11)10-6(2)9/h5,11H,1-2,9H2,3-4H3/b10-7+. The minimum Gasteiger partial charge on any atom is -0.384 e. The highest BCUT2D eigenvalue weighted by molar-refractivity contribution is 6.01. The van der Waals surface area contributed by atoms with Crippen LogP contribution in [0.25, 0.3) is 0 Å². The summed E-state index contributed by atoms with van der Waals surface area (Å²) in [6, 6.07) is 0. The third-order valence-electron chi connectivity index (χ3n) is 1.08. The van der Waals surface area contributed by atoms with Crippen LogP contribution in [0.15, 0.2) is 30.0 Å². The van der Waals surface area contributed by atoms with Gasteiger partial charge in [0.25, 0.3) is 0 Å². The van der Waals surface area contributed by atoms with Gasteiger partial charge < -0.3 is 10.8 Å². The van der Waals surface area contributed by atoms with Gasteiger partial charge >= 0.3 is 0 Å². The summed E-state index contributed by atoms with van der Waals surface area (Å²) in [4.78, 5) is 3.80. The lowest BCUT2D eigenvalue weighted by Crippen LogP contribution is -2.29. The smallest absolute Gasteiger partial charge is 0.116 e. The predicted octanol–water partition coefficient (Wildman–Crippen LogP) is 0.814. The van der Waals surface area contributed by atoms with Crippen LogP contribution in [0.5, 0.6) is 0 Å². The maximum atomic E-state index is 9.43. The fourth-order valence-corrected chi connectivity index (χ4v) is 0.587. The van der Waals surface area contributed by atoms with E-state index in [1.54, 1.807) is 13.8 Å². The van der Waals surface area contributed by atoms with Crippen LogP contribution in [0.4, 0.5) is 0 Å². The number of aliphatic imine (C=N–C) groups is 1. The lowest BCUT2D eigenvalue weighted by Gasteiger charge is -2.16. The molecule has 0 amide bonds. The maximum absolute atomic E-state index is 9.43. The normalized spacial score (nSPS) is 12.8. The first-order valence-corrected chi connectivity index (χ1v) is 3.26. The minimum atomic E-state index is -1.01. The molecule has 0 radical (unpaired) electrons. The molecular formula is C8H14N2O. The minimum absolute atomic E-state index is 0.169. The Morgan fingerprint density at radius 2 is 2.09 bits per heavy atom. The summed E-state index contributed by atoms with van der Waals surface area (Å²) in [6.07, 6.45) is 1.46. The van der Waals surface area contributed by atoms with Crippen molar-refractivity contribution in [3.63, 3.8) is 0 Å². The molecule has 0 saturated heterocycles. The highest BCUT2D eigenvalue weighted by Crippen LogP contribution is 2.06. The topological polar surface area (TPSA) is 58.6 Å². The van der Waals surface area contributed by atoms with Gasteiger partial charge in [-0.15, -0.1) is 0 Å². The second-order valence-electron chi connectivity index (χ2n) is 2.75. The van der Waals surface area contributed by atoms with Crippen LogP contribution in [-0.4, -0.2) is 16.4 Å². The van der Waals surface area contributed by atoms with Crippen molar-refractivity contribution in [3.05, 3.63) is 25.1 Å². The third kappa shape index (κ3) is 3.57. The van der Waals surface area contributed by atoms with Gasteiger partial charge in [0, 0.05) is 0 Å². The van der Waals surface area contributed by atoms with E-state index in [9.17, 15) is 5.11 Å². The van der Waals surface area contributed by atoms with E-state index < -0.39 is 5.60 Å². The lowest BCUT2D eigenvalue weighted by molar-refractivity contribution is 0.155. The van der Waals surface area contributed by atoms with E-state index in [1.165, 1.54) is 6.08 Å². The first-order chi connectivity index (χ1) is 4.88. The molecule has 0 aliphatic heterocycles. The average molecular weight is 154 g/mol. The van der Waals surface area contributed by atoms with Gasteiger partial charge in [-0.05, 0) is 19.9 Å². The molecule has 0 saturated carbocycles. The molecule has 3 nitrogen and oxygen atoms in total. The summed E-state index contributed by atoms with van der Waals surface area (Å²) >= 11 is 0. The van der Waals surface area contributed by atoms with Crippen molar-refractivity contribution in [1.82, 2.24) is 0 Å². The summed E-state index contributed by atoms with van der Waals surface area (Å²) in [7, 11) is 0. The first-order valence-electron chi connectivity index (χ1n) is 3.26. The van der Waals surface area contributed by atoms with Crippen LogP contribution in [0, 0.1) is 0 Å². The van der Waals surface area contributed by atoms with Crippen LogP contribution in [0.1, 0.15) is 13.8 Å². The van der Waals surface area contributed by atoms with Crippen LogP contribution in [0.3, 0.4) is 0 Å². The van der Waals surface area contributed by atoms with Gasteiger partial charge in [0.1, 0.15) is 11.4 Å². The monoisotopic (exact) mass is 154 g/mol. The van der Waals surface area contributed by atoms with Crippen molar-refractivity contribution in [2.45, 2.75) is 19.4 Å². The Labute approximate surface area is 66.9 Å². The number of nitrogens with two attached hydrogens (primary N) is 1. The highest BCUT2D eigenvalue weighted by atomic mass is 16.3. The molecule has 0 aromatic carbocycles. The third-order valence-corrected chi connectivity index (χ3v) is 1.08. The fourth-order valence-electron chi connectivity index (χ4n) is 0.587. The zero-order chi connectivity index (χ0) is 9.07. The Morgan fingerprint density at radius 3 is 2.18 bits per heavy atom. The largest absolute Gasteiger partial charge is 0.384 e. The Kier molecular flexibility index (Phi) is 3.01. The molecule has 0 atom stereocenters. The zero-order valence-corrected chi connectivity index (χ0v) is 6.96. The molecule has 0 spiro atoms. The van der Waals surface area contributed by atoms with E-state index in [2.05, 4.69) is 18.2 Å². The van der Waals surface area contributed by atoms with Crippen LogP contribution < -0.4 is 5.73 Å². The molecule has 62 valence electrons. The second-order valence-corrected chi connectivity index (χ2v) is 2.75. The quantitative estimate of drug-likeness (QED) is 0.591. The Hall–Kier alpha value is -1.09. The second kappa shape index (κ2) is 3.34. The Bertz CT molecular complexity index is 199. The highest BCUT2D eigenvalue weighted by Gasteiger charge is 2.17. The number of hydrogen-bond donors (Lipinski definition) is 2. The van der Waals surface area contributed by atoms with Crippen molar-refractivity contribution in [1.29, 1.82) is 0 Å². The summed E-state index contributed by atoms with van der Waals surface area (Å²) in [5.74, 6) is 0.169. The van der Waals surface area contributed by atoms with E-state index >= 15 is 0 Å². The Balaban J connectivity index is 4.68. The summed E-state index contributed by atoms with van der Waals surface area (Å²) < 4.78 is 0. The summed E-state index contributed by atoms with van der Waals surface area (Å²) in [6.45, 7) is 10.1. The average Bonchev–Trinajstić information content (AvgIpc) is 1.79. The molecular weight excluding hydrogens is 140 g/mol. The van der Waals surface area contributed by atoms with Crippen molar-refractivity contribution < 1.29 is 5.11 Å². The molecule has 0 unspecified atom stereocenters. The molecule has 0 aromatic rings. The molecule has 0 aromatic heterocycles. The predicted molar refractivity (Wildman–Crippen MR) is 47.3 cm³/mol. The summed E-state index contributed by atoms with van der Waals surface area (Å²) in [5, 5.41) is 9.43. The molecule has 3 N–H and O–H groups in total. The molecule has 0 heterocycles. The molecule has 0 aliphatic carbocycles. The molecule has 0 aliphatic rings. The number of aliphatic hydroxyl groups is 1.